The number of aromatic nitrogens is 5. The lowest BCUT2D eigenvalue weighted by Gasteiger charge is -2.05. The minimum Gasteiger partial charge on any atom is -0.479 e. The van der Waals surface area contributed by atoms with E-state index in [1.165, 1.54) is 6.33 Å². The number of aliphatic carboxylic acids is 1. The standard InChI is InChI=1S/C9H9N5O4/c15-9(16)5-2-1-4(17-5)8-12-7(14-18-8)6-10-3-11-13-6/h3-5H,1-2H2,(H,15,16)(H,10,11,13). The van der Waals surface area contributed by atoms with Gasteiger partial charge in [-0.15, -0.1) is 0 Å². The molecule has 3 rings (SSSR count). The Hall–Kier alpha value is -2.29. The summed E-state index contributed by atoms with van der Waals surface area (Å²) >= 11 is 0. The second-order valence-electron chi connectivity index (χ2n) is 3.82. The summed E-state index contributed by atoms with van der Waals surface area (Å²) in [4.78, 5) is 18.7. The van der Waals surface area contributed by atoms with Crippen LogP contribution >= 0.6 is 0 Å². The van der Waals surface area contributed by atoms with Crippen molar-refractivity contribution in [2.24, 2.45) is 0 Å². The molecule has 0 aliphatic carbocycles. The van der Waals surface area contributed by atoms with E-state index < -0.39 is 18.2 Å². The van der Waals surface area contributed by atoms with Crippen LogP contribution in [0.3, 0.4) is 0 Å². The minimum absolute atomic E-state index is 0.255. The van der Waals surface area contributed by atoms with Gasteiger partial charge in [0.1, 0.15) is 12.4 Å². The van der Waals surface area contributed by atoms with Gasteiger partial charge in [0.25, 0.3) is 5.89 Å². The molecule has 0 amide bonds. The van der Waals surface area contributed by atoms with Crippen LogP contribution in [0.25, 0.3) is 11.6 Å². The number of rotatable bonds is 3. The maximum atomic E-state index is 10.8. The number of carboxylic acids is 1. The molecule has 3 heterocycles. The molecule has 18 heavy (non-hydrogen) atoms. The smallest absolute Gasteiger partial charge is 0.332 e. The van der Waals surface area contributed by atoms with Gasteiger partial charge in [0.15, 0.2) is 11.9 Å². The zero-order chi connectivity index (χ0) is 12.5. The Kier molecular flexibility index (Phi) is 2.52. The second-order valence-corrected chi connectivity index (χ2v) is 3.82. The molecule has 0 saturated carbocycles. The third-order valence-corrected chi connectivity index (χ3v) is 2.64. The van der Waals surface area contributed by atoms with Crippen LogP contribution < -0.4 is 0 Å². The quantitative estimate of drug-likeness (QED) is 0.789. The molecule has 1 aliphatic rings. The van der Waals surface area contributed by atoms with Gasteiger partial charge < -0.3 is 14.4 Å². The second kappa shape index (κ2) is 4.18. The first kappa shape index (κ1) is 10.8. The average molecular weight is 251 g/mol. The molecule has 2 unspecified atom stereocenters. The van der Waals surface area contributed by atoms with Gasteiger partial charge in [0.2, 0.25) is 5.82 Å². The topological polar surface area (TPSA) is 127 Å². The average Bonchev–Trinajstić information content (AvgIpc) is 3.10. The van der Waals surface area contributed by atoms with Gasteiger partial charge in [-0.3, -0.25) is 5.10 Å². The number of ether oxygens (including phenoxy) is 1. The van der Waals surface area contributed by atoms with Gasteiger partial charge in [0, 0.05) is 0 Å². The first-order valence-corrected chi connectivity index (χ1v) is 5.31. The number of H-pyrrole nitrogens is 1. The zero-order valence-electron chi connectivity index (χ0n) is 9.11. The summed E-state index contributed by atoms with van der Waals surface area (Å²) in [5, 5.41) is 18.8. The number of aromatic amines is 1. The zero-order valence-corrected chi connectivity index (χ0v) is 9.11. The van der Waals surface area contributed by atoms with E-state index in [1.54, 1.807) is 0 Å². The van der Waals surface area contributed by atoms with Gasteiger partial charge in [-0.25, -0.2) is 9.78 Å². The third-order valence-electron chi connectivity index (χ3n) is 2.64. The molecule has 1 saturated heterocycles. The first-order chi connectivity index (χ1) is 8.74. The van der Waals surface area contributed by atoms with E-state index in [0.717, 1.165) is 0 Å². The van der Waals surface area contributed by atoms with Crippen LogP contribution in [0.2, 0.25) is 0 Å². The Morgan fingerprint density at radius 2 is 2.39 bits per heavy atom. The van der Waals surface area contributed by atoms with E-state index in [9.17, 15) is 4.79 Å². The lowest BCUT2D eigenvalue weighted by molar-refractivity contribution is -0.150. The Bertz CT molecular complexity index is 551. The normalized spacial score (nSPS) is 23.3. The number of nitrogens with zero attached hydrogens (tertiary/aromatic N) is 4. The van der Waals surface area contributed by atoms with Crippen molar-refractivity contribution < 1.29 is 19.2 Å². The fourth-order valence-corrected chi connectivity index (χ4v) is 1.78. The van der Waals surface area contributed by atoms with E-state index in [2.05, 4.69) is 25.3 Å². The molecule has 0 spiro atoms. The van der Waals surface area contributed by atoms with Crippen LogP contribution in [-0.2, 0) is 9.53 Å². The Balaban J connectivity index is 1.77. The first-order valence-electron chi connectivity index (χ1n) is 5.31. The SMILES string of the molecule is O=C(O)C1CCC(c2nc(-c3ncn[nH]3)no2)O1. The van der Waals surface area contributed by atoms with Crippen molar-refractivity contribution in [3.05, 3.63) is 12.2 Å². The molecule has 94 valence electrons. The molecule has 1 aliphatic heterocycles. The lowest BCUT2D eigenvalue weighted by atomic mass is 10.2. The summed E-state index contributed by atoms with van der Waals surface area (Å²) < 4.78 is 10.3. The highest BCUT2D eigenvalue weighted by atomic mass is 16.5. The van der Waals surface area contributed by atoms with Crippen molar-refractivity contribution >= 4 is 5.97 Å². The van der Waals surface area contributed by atoms with Gasteiger partial charge in [-0.1, -0.05) is 5.16 Å². The van der Waals surface area contributed by atoms with Crippen molar-refractivity contribution in [1.82, 2.24) is 25.3 Å². The van der Waals surface area contributed by atoms with Gasteiger partial charge >= 0.3 is 5.97 Å². The largest absolute Gasteiger partial charge is 0.479 e. The molecule has 2 atom stereocenters. The monoisotopic (exact) mass is 251 g/mol. The number of nitrogens with one attached hydrogen (secondary N) is 1. The van der Waals surface area contributed by atoms with Crippen molar-refractivity contribution in [1.29, 1.82) is 0 Å². The van der Waals surface area contributed by atoms with E-state index >= 15 is 0 Å². The molecule has 2 aromatic heterocycles. The maximum Gasteiger partial charge on any atom is 0.332 e. The highest BCUT2D eigenvalue weighted by molar-refractivity contribution is 5.72. The van der Waals surface area contributed by atoms with Crippen molar-refractivity contribution in [3.8, 4) is 11.6 Å². The van der Waals surface area contributed by atoms with E-state index in [1.807, 2.05) is 0 Å². The highest BCUT2D eigenvalue weighted by Gasteiger charge is 2.34. The Morgan fingerprint density at radius 1 is 1.50 bits per heavy atom. The molecular formula is C9H9N5O4. The van der Waals surface area contributed by atoms with Crippen LogP contribution in [0.4, 0.5) is 0 Å². The summed E-state index contributed by atoms with van der Waals surface area (Å²) in [6.45, 7) is 0. The molecule has 1 fully saturated rings. The van der Waals surface area contributed by atoms with E-state index in [0.29, 0.717) is 18.7 Å². The molecular weight excluding hydrogens is 242 g/mol. The highest BCUT2D eigenvalue weighted by Crippen LogP contribution is 2.32. The van der Waals surface area contributed by atoms with Crippen LogP contribution in [0, 0.1) is 0 Å². The van der Waals surface area contributed by atoms with Gasteiger partial charge in [-0.05, 0) is 12.8 Å². The van der Waals surface area contributed by atoms with Crippen LogP contribution in [0.5, 0.6) is 0 Å². The summed E-state index contributed by atoms with van der Waals surface area (Å²) in [5.74, 6) is -0.0692. The summed E-state index contributed by atoms with van der Waals surface area (Å²) in [6.07, 6.45) is 1.01. The summed E-state index contributed by atoms with van der Waals surface area (Å²) in [5.41, 5.74) is 0. The number of hydrogen-bond donors (Lipinski definition) is 2. The third kappa shape index (κ3) is 1.84. The van der Waals surface area contributed by atoms with Crippen molar-refractivity contribution in [3.63, 3.8) is 0 Å². The molecule has 9 heteroatoms. The minimum atomic E-state index is -0.979. The van der Waals surface area contributed by atoms with Crippen LogP contribution in [0.15, 0.2) is 10.9 Å². The van der Waals surface area contributed by atoms with Gasteiger partial charge in [0.05, 0.1) is 0 Å². The maximum absolute atomic E-state index is 10.8. The van der Waals surface area contributed by atoms with Crippen LogP contribution in [-0.4, -0.2) is 42.5 Å². The van der Waals surface area contributed by atoms with Crippen LogP contribution in [0.1, 0.15) is 24.8 Å². The summed E-state index contributed by atoms with van der Waals surface area (Å²) in [6, 6.07) is 0. The van der Waals surface area contributed by atoms with Crippen molar-refractivity contribution in [2.75, 3.05) is 0 Å². The van der Waals surface area contributed by atoms with Crippen molar-refractivity contribution in [2.45, 2.75) is 25.0 Å². The molecule has 0 bridgehead atoms. The fourth-order valence-electron chi connectivity index (χ4n) is 1.78. The number of hydrogen-bond acceptors (Lipinski definition) is 7. The van der Waals surface area contributed by atoms with E-state index in [4.69, 9.17) is 14.4 Å². The predicted molar refractivity (Wildman–Crippen MR) is 54.2 cm³/mol. The molecule has 0 radical (unpaired) electrons. The predicted octanol–water partition coefficient (Wildman–Crippen LogP) is 0.159. The summed E-state index contributed by atoms with van der Waals surface area (Å²) in [7, 11) is 0. The number of carboxylic acid groups (broad SMARTS) is 1. The lowest BCUT2D eigenvalue weighted by Crippen LogP contribution is -2.18. The number of carbonyl (C=O) groups is 1. The Morgan fingerprint density at radius 3 is 3.06 bits per heavy atom. The molecule has 9 nitrogen and oxygen atoms in total. The molecule has 2 N–H and O–H groups in total. The molecule has 2 aromatic rings. The van der Waals surface area contributed by atoms with E-state index in [-0.39, 0.29) is 11.7 Å². The Labute approximate surface area is 100 Å². The van der Waals surface area contributed by atoms with Gasteiger partial charge in [-0.2, -0.15) is 10.1 Å². The molecule has 0 aromatic carbocycles. The fraction of sp³-hybridized carbons (Fsp3) is 0.444.